The summed E-state index contributed by atoms with van der Waals surface area (Å²) in [6.45, 7) is 0. The number of halogens is 2. The van der Waals surface area contributed by atoms with E-state index in [2.05, 4.69) is 41.6 Å². The van der Waals surface area contributed by atoms with Crippen LogP contribution in [0.4, 0.5) is 11.4 Å². The lowest BCUT2D eigenvalue weighted by molar-refractivity contribution is 0.601. The van der Waals surface area contributed by atoms with Gasteiger partial charge in [0.25, 0.3) is 10.0 Å². The maximum absolute atomic E-state index is 12.2. The molecule has 0 saturated carbocycles. The molecule has 0 saturated heterocycles. The lowest BCUT2D eigenvalue weighted by Crippen LogP contribution is -2.13. The molecule has 0 atom stereocenters. The molecular formula is C11H9Br2N3O2S. The Bertz CT molecular complexity index is 720. The van der Waals surface area contributed by atoms with Gasteiger partial charge in [-0.1, -0.05) is 0 Å². The van der Waals surface area contributed by atoms with Gasteiger partial charge in [-0.2, -0.15) is 0 Å². The summed E-state index contributed by atoms with van der Waals surface area (Å²) in [6.07, 6.45) is 3.01. The van der Waals surface area contributed by atoms with Crippen molar-refractivity contribution in [2.75, 3.05) is 10.5 Å². The van der Waals surface area contributed by atoms with Crippen LogP contribution < -0.4 is 10.5 Å². The smallest absolute Gasteiger partial charge is 0.262 e. The molecule has 0 bridgehead atoms. The first kappa shape index (κ1) is 14.3. The number of sulfonamides is 1. The fourth-order valence-corrected chi connectivity index (χ4v) is 3.19. The molecule has 3 N–H and O–H groups in total. The van der Waals surface area contributed by atoms with Gasteiger partial charge in [0.05, 0.1) is 15.1 Å². The van der Waals surface area contributed by atoms with Crippen molar-refractivity contribution in [1.29, 1.82) is 0 Å². The number of nitrogens with two attached hydrogens (primary N) is 1. The van der Waals surface area contributed by atoms with Crippen molar-refractivity contribution in [2.45, 2.75) is 4.90 Å². The van der Waals surface area contributed by atoms with Crippen LogP contribution in [-0.2, 0) is 10.0 Å². The monoisotopic (exact) mass is 405 g/mol. The molecule has 0 spiro atoms. The summed E-state index contributed by atoms with van der Waals surface area (Å²) in [4.78, 5) is 3.96. The second kappa shape index (κ2) is 5.48. The maximum atomic E-state index is 12.2. The van der Waals surface area contributed by atoms with Crippen LogP contribution in [0.2, 0.25) is 0 Å². The largest absolute Gasteiger partial charge is 0.398 e. The molecule has 1 heterocycles. The van der Waals surface area contributed by atoms with E-state index in [0.717, 1.165) is 0 Å². The zero-order valence-corrected chi connectivity index (χ0v) is 13.5. The lowest BCUT2D eigenvalue weighted by Gasteiger charge is -2.10. The van der Waals surface area contributed by atoms with Gasteiger partial charge in [0.1, 0.15) is 0 Å². The van der Waals surface area contributed by atoms with Crippen molar-refractivity contribution in [3.05, 3.63) is 45.6 Å². The Labute approximate surface area is 127 Å². The average Bonchev–Trinajstić information content (AvgIpc) is 2.35. The highest BCUT2D eigenvalue weighted by Gasteiger charge is 2.16. The number of pyridine rings is 1. The molecule has 1 aromatic carbocycles. The molecule has 0 fully saturated rings. The highest BCUT2D eigenvalue weighted by Crippen LogP contribution is 2.26. The minimum atomic E-state index is -3.68. The second-order valence-electron chi connectivity index (χ2n) is 3.64. The first-order valence-corrected chi connectivity index (χ1v) is 8.14. The Hall–Kier alpha value is -1.12. The predicted molar refractivity (Wildman–Crippen MR) is 81.3 cm³/mol. The zero-order valence-electron chi connectivity index (χ0n) is 9.47. The fourth-order valence-electron chi connectivity index (χ4n) is 1.35. The van der Waals surface area contributed by atoms with Crippen molar-refractivity contribution in [3.8, 4) is 0 Å². The van der Waals surface area contributed by atoms with E-state index in [1.54, 1.807) is 12.1 Å². The number of benzene rings is 1. The van der Waals surface area contributed by atoms with E-state index >= 15 is 0 Å². The topological polar surface area (TPSA) is 85.1 Å². The fraction of sp³-hybridized carbons (Fsp3) is 0. The summed E-state index contributed by atoms with van der Waals surface area (Å²) in [6, 6.07) is 6.01. The summed E-state index contributed by atoms with van der Waals surface area (Å²) < 4.78 is 28.1. The van der Waals surface area contributed by atoms with Crippen LogP contribution in [0.3, 0.4) is 0 Å². The van der Waals surface area contributed by atoms with Crippen molar-refractivity contribution < 1.29 is 8.42 Å². The molecule has 0 unspecified atom stereocenters. The van der Waals surface area contributed by atoms with Crippen LogP contribution in [-0.4, -0.2) is 13.4 Å². The lowest BCUT2D eigenvalue weighted by atomic mass is 10.3. The van der Waals surface area contributed by atoms with Gasteiger partial charge in [-0.3, -0.25) is 9.71 Å². The molecule has 0 aliphatic rings. The van der Waals surface area contributed by atoms with Gasteiger partial charge in [0.2, 0.25) is 0 Å². The van der Waals surface area contributed by atoms with E-state index in [9.17, 15) is 8.42 Å². The summed E-state index contributed by atoms with van der Waals surface area (Å²) in [5.74, 6) is 0. The van der Waals surface area contributed by atoms with Crippen molar-refractivity contribution >= 4 is 53.3 Å². The van der Waals surface area contributed by atoms with Gasteiger partial charge in [-0.25, -0.2) is 8.42 Å². The molecule has 0 amide bonds. The van der Waals surface area contributed by atoms with Crippen LogP contribution >= 0.6 is 31.9 Å². The van der Waals surface area contributed by atoms with E-state index in [4.69, 9.17) is 5.73 Å². The molecule has 0 aliphatic carbocycles. The molecule has 100 valence electrons. The molecule has 0 aliphatic heterocycles. The van der Waals surface area contributed by atoms with Crippen LogP contribution in [0.5, 0.6) is 0 Å². The SMILES string of the molecule is Nc1cc(S(=O)(=O)Nc2ccncc2Br)ccc1Br. The zero-order chi connectivity index (χ0) is 14.0. The highest BCUT2D eigenvalue weighted by molar-refractivity contribution is 9.11. The third kappa shape index (κ3) is 3.26. The Morgan fingerprint density at radius 3 is 2.53 bits per heavy atom. The third-order valence-corrected chi connectivity index (χ3v) is 5.01. The second-order valence-corrected chi connectivity index (χ2v) is 7.04. The average molecular weight is 407 g/mol. The summed E-state index contributed by atoms with van der Waals surface area (Å²) in [5.41, 5.74) is 6.45. The maximum Gasteiger partial charge on any atom is 0.262 e. The Kier molecular flexibility index (Phi) is 4.12. The molecule has 8 heteroatoms. The van der Waals surface area contributed by atoms with Crippen LogP contribution in [0, 0.1) is 0 Å². The van der Waals surface area contributed by atoms with E-state index in [1.807, 2.05) is 0 Å². The van der Waals surface area contributed by atoms with E-state index in [1.165, 1.54) is 24.5 Å². The number of aromatic nitrogens is 1. The van der Waals surface area contributed by atoms with Crippen LogP contribution in [0.1, 0.15) is 0 Å². The highest BCUT2D eigenvalue weighted by atomic mass is 79.9. The molecule has 1 aromatic heterocycles. The minimum absolute atomic E-state index is 0.0944. The number of hydrogen-bond donors (Lipinski definition) is 2. The number of rotatable bonds is 3. The van der Waals surface area contributed by atoms with E-state index < -0.39 is 10.0 Å². The van der Waals surface area contributed by atoms with E-state index in [0.29, 0.717) is 20.3 Å². The molecule has 19 heavy (non-hydrogen) atoms. The van der Waals surface area contributed by atoms with Gasteiger partial charge < -0.3 is 5.73 Å². The van der Waals surface area contributed by atoms with Gasteiger partial charge in [0, 0.05) is 22.6 Å². The van der Waals surface area contributed by atoms with Crippen molar-refractivity contribution in [2.24, 2.45) is 0 Å². The number of nitrogens with one attached hydrogen (secondary N) is 1. The molecular weight excluding hydrogens is 398 g/mol. The third-order valence-electron chi connectivity index (χ3n) is 2.29. The van der Waals surface area contributed by atoms with Gasteiger partial charge >= 0.3 is 0 Å². The normalized spacial score (nSPS) is 11.3. The van der Waals surface area contributed by atoms with Gasteiger partial charge in [-0.15, -0.1) is 0 Å². The summed E-state index contributed by atoms with van der Waals surface area (Å²) >= 11 is 6.44. The minimum Gasteiger partial charge on any atom is -0.398 e. The summed E-state index contributed by atoms with van der Waals surface area (Å²) in [5, 5.41) is 0. The number of hydrogen-bond acceptors (Lipinski definition) is 4. The molecule has 0 radical (unpaired) electrons. The molecule has 2 aromatic rings. The standard InChI is InChI=1S/C11H9Br2N3O2S/c12-8-2-1-7(5-10(8)14)19(17,18)16-11-3-4-15-6-9(11)13/h1-6H,14H2,(H,15,16). The van der Waals surface area contributed by atoms with Crippen molar-refractivity contribution in [3.63, 3.8) is 0 Å². The number of nitrogens with zero attached hydrogens (tertiary/aromatic N) is 1. The van der Waals surface area contributed by atoms with Crippen LogP contribution in [0.25, 0.3) is 0 Å². The van der Waals surface area contributed by atoms with Crippen LogP contribution in [0.15, 0.2) is 50.5 Å². The summed E-state index contributed by atoms with van der Waals surface area (Å²) in [7, 11) is -3.68. The van der Waals surface area contributed by atoms with Crippen molar-refractivity contribution in [1.82, 2.24) is 4.98 Å². The van der Waals surface area contributed by atoms with Gasteiger partial charge in [-0.05, 0) is 56.1 Å². The van der Waals surface area contributed by atoms with E-state index in [-0.39, 0.29) is 4.90 Å². The Balaban J connectivity index is 2.38. The van der Waals surface area contributed by atoms with Gasteiger partial charge in [0.15, 0.2) is 0 Å². The predicted octanol–water partition coefficient (Wildman–Crippen LogP) is 2.99. The number of anilines is 2. The number of nitrogen functional groups attached to an aromatic ring is 1. The quantitative estimate of drug-likeness (QED) is 0.767. The molecule has 2 rings (SSSR count). The first-order valence-electron chi connectivity index (χ1n) is 5.07. The Morgan fingerprint density at radius 2 is 1.89 bits per heavy atom. The Morgan fingerprint density at radius 1 is 1.16 bits per heavy atom. The first-order chi connectivity index (χ1) is 8.90. The molecule has 5 nitrogen and oxygen atoms in total.